The number of aromatic nitrogens is 1. The summed E-state index contributed by atoms with van der Waals surface area (Å²) in [6.07, 6.45) is 4.91. The monoisotopic (exact) mass is 513 g/mol. The number of hydrogen-bond acceptors (Lipinski definition) is 2. The van der Waals surface area contributed by atoms with Crippen molar-refractivity contribution in [3.05, 3.63) is 114 Å². The molecule has 1 fully saturated rings. The van der Waals surface area contributed by atoms with Gasteiger partial charge in [0.1, 0.15) is 23.4 Å². The Morgan fingerprint density at radius 1 is 0.789 bits per heavy atom. The molecular weight excluding hydrogens is 484 g/mol. The van der Waals surface area contributed by atoms with Crippen molar-refractivity contribution in [2.24, 2.45) is 0 Å². The average molecular weight is 514 g/mol. The third-order valence-corrected chi connectivity index (χ3v) is 6.97. The number of rotatable bonds is 7. The second-order valence-electron chi connectivity index (χ2n) is 9.60. The van der Waals surface area contributed by atoms with Crippen molar-refractivity contribution in [2.45, 2.75) is 44.2 Å². The zero-order chi connectivity index (χ0) is 26.5. The highest BCUT2D eigenvalue weighted by molar-refractivity contribution is 6.09. The number of halogens is 2. The summed E-state index contributed by atoms with van der Waals surface area (Å²) in [5.41, 5.74) is 2.72. The van der Waals surface area contributed by atoms with E-state index in [2.05, 4.69) is 10.3 Å². The SMILES string of the molecule is O=C(NC1CCCCC1)C(c1ccc(F)cc1)N(C(=O)c1ccc(-c2ccccc2)[nH]1)c1ccc(F)cc1. The molecule has 2 amide bonds. The van der Waals surface area contributed by atoms with Crippen molar-refractivity contribution in [1.82, 2.24) is 10.3 Å². The van der Waals surface area contributed by atoms with E-state index in [0.29, 0.717) is 11.3 Å². The molecule has 5 nitrogen and oxygen atoms in total. The molecule has 2 N–H and O–H groups in total. The predicted molar refractivity (Wildman–Crippen MR) is 144 cm³/mol. The maximum absolute atomic E-state index is 14.1. The third-order valence-electron chi connectivity index (χ3n) is 6.97. The Morgan fingerprint density at radius 2 is 1.42 bits per heavy atom. The van der Waals surface area contributed by atoms with Gasteiger partial charge in [-0.2, -0.15) is 0 Å². The number of benzene rings is 3. The lowest BCUT2D eigenvalue weighted by molar-refractivity contribution is -0.123. The van der Waals surface area contributed by atoms with Crippen molar-refractivity contribution < 1.29 is 18.4 Å². The van der Waals surface area contributed by atoms with Gasteiger partial charge in [-0.3, -0.25) is 14.5 Å². The largest absolute Gasteiger partial charge is 0.351 e. The topological polar surface area (TPSA) is 65.2 Å². The number of nitrogens with one attached hydrogen (secondary N) is 2. The molecule has 0 aliphatic heterocycles. The quantitative estimate of drug-likeness (QED) is 0.286. The summed E-state index contributed by atoms with van der Waals surface area (Å²) in [7, 11) is 0. The van der Waals surface area contributed by atoms with Crippen molar-refractivity contribution in [3.8, 4) is 11.3 Å². The van der Waals surface area contributed by atoms with Gasteiger partial charge in [0.25, 0.3) is 5.91 Å². The summed E-state index contributed by atoms with van der Waals surface area (Å²) in [6, 6.07) is 22.9. The molecule has 5 rings (SSSR count). The smallest absolute Gasteiger partial charge is 0.275 e. The van der Waals surface area contributed by atoms with Crippen molar-refractivity contribution in [3.63, 3.8) is 0 Å². The molecule has 7 heteroatoms. The number of amides is 2. The van der Waals surface area contributed by atoms with Gasteiger partial charge in [-0.25, -0.2) is 8.78 Å². The first-order chi connectivity index (χ1) is 18.5. The number of hydrogen-bond donors (Lipinski definition) is 2. The van der Waals surface area contributed by atoms with Crippen LogP contribution in [0.25, 0.3) is 11.3 Å². The van der Waals surface area contributed by atoms with Gasteiger partial charge in [0.05, 0.1) is 0 Å². The predicted octanol–water partition coefficient (Wildman–Crippen LogP) is 6.80. The molecule has 194 valence electrons. The molecule has 0 radical (unpaired) electrons. The zero-order valence-corrected chi connectivity index (χ0v) is 20.9. The first-order valence-electron chi connectivity index (χ1n) is 12.9. The van der Waals surface area contributed by atoms with E-state index < -0.39 is 23.6 Å². The van der Waals surface area contributed by atoms with E-state index in [1.807, 2.05) is 30.3 Å². The normalized spacial score (nSPS) is 14.6. The first kappa shape index (κ1) is 25.4. The molecular formula is C31H29F2N3O2. The molecule has 38 heavy (non-hydrogen) atoms. The number of nitrogens with zero attached hydrogens (tertiary/aromatic N) is 1. The molecule has 1 unspecified atom stereocenters. The Balaban J connectivity index is 1.57. The summed E-state index contributed by atoms with van der Waals surface area (Å²) in [5.74, 6) is -1.74. The summed E-state index contributed by atoms with van der Waals surface area (Å²) >= 11 is 0. The number of aromatic amines is 1. The zero-order valence-electron chi connectivity index (χ0n) is 20.9. The highest BCUT2D eigenvalue weighted by Gasteiger charge is 2.35. The van der Waals surface area contributed by atoms with Crippen molar-refractivity contribution in [2.75, 3.05) is 4.90 Å². The molecule has 4 aromatic rings. The minimum Gasteiger partial charge on any atom is -0.351 e. The van der Waals surface area contributed by atoms with Gasteiger partial charge in [-0.15, -0.1) is 0 Å². The van der Waals surface area contributed by atoms with Crippen LogP contribution in [0.15, 0.2) is 91.0 Å². The lowest BCUT2D eigenvalue weighted by Gasteiger charge is -2.33. The maximum atomic E-state index is 14.1. The van der Waals surface area contributed by atoms with E-state index in [1.165, 1.54) is 53.4 Å². The summed E-state index contributed by atoms with van der Waals surface area (Å²) in [6.45, 7) is 0. The third kappa shape index (κ3) is 5.67. The van der Waals surface area contributed by atoms with Crippen LogP contribution in [0.5, 0.6) is 0 Å². The fourth-order valence-electron chi connectivity index (χ4n) is 5.01. The highest BCUT2D eigenvalue weighted by atomic mass is 19.1. The van der Waals surface area contributed by atoms with Gasteiger partial charge in [0.2, 0.25) is 5.91 Å². The fraction of sp³-hybridized carbons (Fsp3) is 0.226. The van der Waals surface area contributed by atoms with Crippen LogP contribution in [0, 0.1) is 11.6 Å². The van der Waals surface area contributed by atoms with Crippen LogP contribution in [0.3, 0.4) is 0 Å². The van der Waals surface area contributed by atoms with Gasteiger partial charge < -0.3 is 10.3 Å². The number of carbonyl (C=O) groups excluding carboxylic acids is 2. The second-order valence-corrected chi connectivity index (χ2v) is 9.60. The van der Waals surface area contributed by atoms with E-state index in [1.54, 1.807) is 12.1 Å². The molecule has 3 aromatic carbocycles. The van der Waals surface area contributed by atoms with Crippen molar-refractivity contribution >= 4 is 17.5 Å². The van der Waals surface area contributed by atoms with Crippen LogP contribution < -0.4 is 10.2 Å². The van der Waals surface area contributed by atoms with E-state index in [-0.39, 0.29) is 17.6 Å². The maximum Gasteiger partial charge on any atom is 0.275 e. The van der Waals surface area contributed by atoms with Gasteiger partial charge in [0, 0.05) is 17.4 Å². The van der Waals surface area contributed by atoms with E-state index >= 15 is 0 Å². The van der Waals surface area contributed by atoms with E-state index in [4.69, 9.17) is 0 Å². The molecule has 1 saturated carbocycles. The molecule has 1 aliphatic rings. The van der Waals surface area contributed by atoms with E-state index in [0.717, 1.165) is 43.4 Å². The van der Waals surface area contributed by atoms with Gasteiger partial charge in [-0.05, 0) is 72.5 Å². The molecule has 1 aromatic heterocycles. The molecule has 1 aliphatic carbocycles. The van der Waals surface area contributed by atoms with Crippen LogP contribution in [0.2, 0.25) is 0 Å². The Kier molecular flexibility index (Phi) is 7.63. The summed E-state index contributed by atoms with van der Waals surface area (Å²) in [5, 5.41) is 3.12. The van der Waals surface area contributed by atoms with Crippen LogP contribution in [-0.2, 0) is 4.79 Å². The second kappa shape index (κ2) is 11.4. The lowest BCUT2D eigenvalue weighted by Crippen LogP contribution is -2.47. The van der Waals surface area contributed by atoms with Crippen LogP contribution in [0.1, 0.15) is 54.2 Å². The lowest BCUT2D eigenvalue weighted by atomic mass is 9.94. The molecule has 0 spiro atoms. The van der Waals surface area contributed by atoms with Gasteiger partial charge >= 0.3 is 0 Å². The summed E-state index contributed by atoms with van der Waals surface area (Å²) < 4.78 is 27.7. The minimum atomic E-state index is -1.10. The minimum absolute atomic E-state index is 0.000427. The van der Waals surface area contributed by atoms with Crippen molar-refractivity contribution in [1.29, 1.82) is 0 Å². The van der Waals surface area contributed by atoms with Gasteiger partial charge in [-0.1, -0.05) is 61.7 Å². The Bertz CT molecular complexity index is 1380. The van der Waals surface area contributed by atoms with Crippen LogP contribution in [-0.4, -0.2) is 22.8 Å². The van der Waals surface area contributed by atoms with Gasteiger partial charge in [0.15, 0.2) is 0 Å². The Hall–Kier alpha value is -4.26. The van der Waals surface area contributed by atoms with Crippen LogP contribution in [0.4, 0.5) is 14.5 Å². The Labute approximate surface area is 220 Å². The summed E-state index contributed by atoms with van der Waals surface area (Å²) in [4.78, 5) is 32.5. The molecule has 0 saturated heterocycles. The average Bonchev–Trinajstić information content (AvgIpc) is 3.44. The number of H-pyrrole nitrogens is 1. The standard InChI is InChI=1S/C31H29F2N3O2/c32-23-13-11-22(12-14-23)29(30(37)34-25-9-5-2-6-10-25)36(26-17-15-24(33)16-18-26)31(38)28-20-19-27(35-28)21-7-3-1-4-8-21/h1,3-4,7-8,11-20,25,29,35H,2,5-6,9-10H2,(H,34,37). The first-order valence-corrected chi connectivity index (χ1v) is 12.9. The Morgan fingerprint density at radius 3 is 2.08 bits per heavy atom. The number of anilines is 1. The van der Waals surface area contributed by atoms with E-state index in [9.17, 15) is 18.4 Å². The molecule has 0 bridgehead atoms. The fourth-order valence-corrected chi connectivity index (χ4v) is 5.01. The number of carbonyl (C=O) groups is 2. The molecule has 1 atom stereocenters. The molecule has 1 heterocycles. The van der Waals surface area contributed by atoms with Crippen LogP contribution >= 0.6 is 0 Å². The highest BCUT2D eigenvalue weighted by Crippen LogP contribution is 2.31.